The van der Waals surface area contributed by atoms with Gasteiger partial charge >= 0.3 is 6.18 Å². The number of benzene rings is 2. The highest BCUT2D eigenvalue weighted by Gasteiger charge is 2.40. The van der Waals surface area contributed by atoms with Gasteiger partial charge in [0.25, 0.3) is 5.91 Å². The Morgan fingerprint density at radius 1 is 1.08 bits per heavy atom. The lowest BCUT2D eigenvalue weighted by Crippen LogP contribution is -2.31. The summed E-state index contributed by atoms with van der Waals surface area (Å²) in [6.07, 6.45) is -4.62. The van der Waals surface area contributed by atoms with Crippen LogP contribution in [-0.2, 0) is 15.8 Å². The molecule has 0 unspecified atom stereocenters. The minimum absolute atomic E-state index is 0.0783. The van der Waals surface area contributed by atoms with Crippen LogP contribution < -0.4 is 4.90 Å². The lowest BCUT2D eigenvalue weighted by molar-refractivity contribution is -0.137. The van der Waals surface area contributed by atoms with E-state index in [9.17, 15) is 27.9 Å². The van der Waals surface area contributed by atoms with Crippen molar-refractivity contribution in [1.82, 2.24) is 0 Å². The molecule has 2 aromatic carbocycles. The van der Waals surface area contributed by atoms with Crippen molar-refractivity contribution in [2.24, 2.45) is 0 Å². The molecule has 2 amide bonds. The van der Waals surface area contributed by atoms with Gasteiger partial charge in [-0.15, -0.1) is 0 Å². The molecule has 0 radical (unpaired) electrons. The maximum atomic E-state index is 13.0. The van der Waals surface area contributed by atoms with Crippen LogP contribution in [0.25, 0.3) is 11.3 Å². The summed E-state index contributed by atoms with van der Waals surface area (Å²) in [6.45, 7) is 1.07. The molecule has 2 aromatic rings. The first-order chi connectivity index (χ1) is 11.7. The van der Waals surface area contributed by atoms with Gasteiger partial charge in [-0.25, -0.2) is 4.90 Å². The van der Waals surface area contributed by atoms with Gasteiger partial charge in [-0.1, -0.05) is 36.4 Å². The summed E-state index contributed by atoms with van der Waals surface area (Å²) in [7, 11) is 0. The van der Waals surface area contributed by atoms with Gasteiger partial charge < -0.3 is 5.11 Å². The van der Waals surface area contributed by atoms with Crippen molar-refractivity contribution in [1.29, 1.82) is 0 Å². The van der Waals surface area contributed by atoms with Crippen molar-refractivity contribution in [3.05, 3.63) is 65.2 Å². The second kappa shape index (κ2) is 5.77. The number of carbonyl (C=O) groups is 2. The fourth-order valence-corrected chi connectivity index (χ4v) is 2.72. The van der Waals surface area contributed by atoms with Crippen LogP contribution in [-0.4, -0.2) is 16.9 Å². The van der Waals surface area contributed by atoms with E-state index in [1.165, 1.54) is 0 Å². The van der Waals surface area contributed by atoms with Gasteiger partial charge in [-0.05, 0) is 12.1 Å². The van der Waals surface area contributed by atoms with Crippen molar-refractivity contribution in [3.63, 3.8) is 0 Å². The highest BCUT2D eigenvalue weighted by atomic mass is 19.4. The van der Waals surface area contributed by atoms with Crippen molar-refractivity contribution in [2.45, 2.75) is 13.1 Å². The van der Waals surface area contributed by atoms with Gasteiger partial charge in [-0.3, -0.25) is 9.59 Å². The Hall–Kier alpha value is -3.09. The third-order valence-electron chi connectivity index (χ3n) is 3.85. The molecule has 1 aliphatic heterocycles. The first-order valence-corrected chi connectivity index (χ1v) is 7.27. The molecule has 1 heterocycles. The van der Waals surface area contributed by atoms with Crippen LogP contribution in [0, 0.1) is 0 Å². The molecule has 0 aliphatic carbocycles. The summed E-state index contributed by atoms with van der Waals surface area (Å²) in [4.78, 5) is 25.0. The van der Waals surface area contributed by atoms with Crippen LogP contribution in [0.5, 0.6) is 0 Å². The first-order valence-electron chi connectivity index (χ1n) is 7.27. The zero-order chi connectivity index (χ0) is 18.4. The molecule has 0 bridgehead atoms. The fraction of sp³-hybridized carbons (Fsp3) is 0.111. The standard InChI is InChI=1S/C18H12F3NO3/c1-10(23)22-14-9-12(18(19,20)21)7-8-13(14)15(17(22)25)16(24)11-5-3-2-4-6-11/h2-9,24H,1H3. The number of aliphatic hydroxyl groups excluding tert-OH is 1. The molecule has 4 nitrogen and oxygen atoms in total. The normalized spacial score (nSPS) is 16.0. The monoisotopic (exact) mass is 347 g/mol. The second-order valence-corrected chi connectivity index (χ2v) is 5.48. The van der Waals surface area contributed by atoms with Crippen LogP contribution in [0.2, 0.25) is 0 Å². The van der Waals surface area contributed by atoms with E-state index in [2.05, 4.69) is 0 Å². The summed E-state index contributed by atoms with van der Waals surface area (Å²) in [6, 6.07) is 10.7. The highest BCUT2D eigenvalue weighted by molar-refractivity contribution is 6.42. The van der Waals surface area contributed by atoms with Crippen LogP contribution in [0.4, 0.5) is 18.9 Å². The van der Waals surface area contributed by atoms with Crippen molar-refractivity contribution < 1.29 is 27.9 Å². The molecule has 0 fully saturated rings. The van der Waals surface area contributed by atoms with Gasteiger partial charge in [0, 0.05) is 18.1 Å². The summed E-state index contributed by atoms with van der Waals surface area (Å²) in [5.74, 6) is -1.99. The number of amides is 2. The second-order valence-electron chi connectivity index (χ2n) is 5.48. The molecule has 0 saturated heterocycles. The summed E-state index contributed by atoms with van der Waals surface area (Å²) in [5, 5.41) is 10.5. The van der Waals surface area contributed by atoms with Gasteiger partial charge in [0.15, 0.2) is 0 Å². The Kier molecular flexibility index (Phi) is 3.87. The number of hydrogen-bond donors (Lipinski definition) is 1. The predicted octanol–water partition coefficient (Wildman–Crippen LogP) is 4.02. The van der Waals surface area contributed by atoms with E-state index >= 15 is 0 Å². The largest absolute Gasteiger partial charge is 0.506 e. The predicted molar refractivity (Wildman–Crippen MR) is 85.5 cm³/mol. The average Bonchev–Trinajstić information content (AvgIpc) is 2.85. The third kappa shape index (κ3) is 2.77. The molecule has 128 valence electrons. The molecular weight excluding hydrogens is 335 g/mol. The quantitative estimate of drug-likeness (QED) is 0.626. The number of imide groups is 1. The van der Waals surface area contributed by atoms with E-state index in [1.54, 1.807) is 30.3 Å². The fourth-order valence-electron chi connectivity index (χ4n) is 2.72. The number of rotatable bonds is 1. The average molecular weight is 347 g/mol. The van der Waals surface area contributed by atoms with E-state index in [0.717, 1.165) is 25.1 Å². The molecule has 0 spiro atoms. The maximum absolute atomic E-state index is 13.0. The number of halogens is 3. The van der Waals surface area contributed by atoms with Crippen molar-refractivity contribution in [2.75, 3.05) is 4.90 Å². The van der Waals surface area contributed by atoms with Gasteiger partial charge in [0.2, 0.25) is 5.91 Å². The molecule has 1 N–H and O–H groups in total. The Balaban J connectivity index is 2.26. The lowest BCUT2D eigenvalue weighted by Gasteiger charge is -2.14. The molecule has 3 rings (SSSR count). The minimum Gasteiger partial charge on any atom is -0.506 e. The molecule has 0 saturated carbocycles. The number of anilines is 1. The smallest absolute Gasteiger partial charge is 0.416 e. The molecular formula is C18H12F3NO3. The number of fused-ring (bicyclic) bond motifs is 1. The van der Waals surface area contributed by atoms with Crippen molar-refractivity contribution >= 4 is 28.8 Å². The van der Waals surface area contributed by atoms with Crippen LogP contribution >= 0.6 is 0 Å². The van der Waals surface area contributed by atoms with Crippen LogP contribution in [0.1, 0.15) is 23.6 Å². The number of hydrogen-bond acceptors (Lipinski definition) is 3. The Morgan fingerprint density at radius 3 is 2.28 bits per heavy atom. The van der Waals surface area contributed by atoms with Gasteiger partial charge in [-0.2, -0.15) is 13.2 Å². The summed E-state index contributed by atoms with van der Waals surface area (Å²) >= 11 is 0. The molecule has 7 heteroatoms. The minimum atomic E-state index is -4.62. The van der Waals surface area contributed by atoms with E-state index in [0.29, 0.717) is 10.5 Å². The van der Waals surface area contributed by atoms with E-state index in [1.807, 2.05) is 0 Å². The third-order valence-corrected chi connectivity index (χ3v) is 3.85. The first kappa shape index (κ1) is 16.8. The zero-order valence-electron chi connectivity index (χ0n) is 13.0. The van der Waals surface area contributed by atoms with Gasteiger partial charge in [0.1, 0.15) is 5.76 Å². The number of carbonyl (C=O) groups excluding carboxylic acids is 2. The lowest BCUT2D eigenvalue weighted by atomic mass is 10.0. The summed E-state index contributed by atoms with van der Waals surface area (Å²) in [5.41, 5.74) is -0.975. The van der Waals surface area contributed by atoms with Crippen LogP contribution in [0.15, 0.2) is 48.5 Å². The van der Waals surface area contributed by atoms with E-state index in [4.69, 9.17) is 0 Å². The number of alkyl halides is 3. The van der Waals surface area contributed by atoms with E-state index in [-0.39, 0.29) is 16.8 Å². The number of aliphatic hydroxyl groups is 1. The van der Waals surface area contributed by atoms with E-state index < -0.39 is 29.3 Å². The molecule has 1 aliphatic rings. The molecule has 0 aromatic heterocycles. The Morgan fingerprint density at radius 2 is 1.72 bits per heavy atom. The molecule has 25 heavy (non-hydrogen) atoms. The van der Waals surface area contributed by atoms with Crippen molar-refractivity contribution in [3.8, 4) is 0 Å². The van der Waals surface area contributed by atoms with Gasteiger partial charge in [0.05, 0.1) is 16.8 Å². The zero-order valence-corrected chi connectivity index (χ0v) is 13.0. The Labute approximate surface area is 140 Å². The molecule has 0 atom stereocenters. The SMILES string of the molecule is CC(=O)N1C(=O)C(=C(O)c2ccccc2)c2ccc(C(F)(F)F)cc21. The van der Waals surface area contributed by atoms with Crippen LogP contribution in [0.3, 0.4) is 0 Å². The topological polar surface area (TPSA) is 57.6 Å². The summed E-state index contributed by atoms with van der Waals surface area (Å²) < 4.78 is 38.9. The highest BCUT2D eigenvalue weighted by Crippen LogP contribution is 2.43. The Bertz CT molecular complexity index is 902. The maximum Gasteiger partial charge on any atom is 0.416 e. The number of nitrogens with zero attached hydrogens (tertiary/aromatic N) is 1.